The average Bonchev–Trinajstić information content (AvgIpc) is 3.31. The van der Waals surface area contributed by atoms with Crippen LogP contribution in [0, 0.1) is 6.92 Å². The lowest BCUT2D eigenvalue weighted by atomic mass is 10.1. The van der Waals surface area contributed by atoms with E-state index in [-0.39, 0.29) is 0 Å². The van der Waals surface area contributed by atoms with Gasteiger partial charge in [0.25, 0.3) is 8.03 Å². The van der Waals surface area contributed by atoms with Gasteiger partial charge in [-0.05, 0) is 48.9 Å². The minimum absolute atomic E-state index is 0.568. The van der Waals surface area contributed by atoms with Crippen molar-refractivity contribution in [2.75, 3.05) is 0 Å². The zero-order valence-electron chi connectivity index (χ0n) is 15.2. The normalized spacial score (nSPS) is 12.5. The van der Waals surface area contributed by atoms with Gasteiger partial charge >= 0.3 is 0 Å². The van der Waals surface area contributed by atoms with Crippen molar-refractivity contribution in [3.63, 3.8) is 0 Å². The fourth-order valence-corrected chi connectivity index (χ4v) is 4.52. The molecule has 2 aromatic heterocycles. The van der Waals surface area contributed by atoms with Crippen molar-refractivity contribution < 1.29 is 9.09 Å². The Bertz CT molecular complexity index is 1300. The first-order valence-electron chi connectivity index (χ1n) is 9.03. The Morgan fingerprint density at radius 2 is 1.75 bits per heavy atom. The van der Waals surface area contributed by atoms with Gasteiger partial charge in [-0.2, -0.15) is 5.10 Å². The van der Waals surface area contributed by atoms with Gasteiger partial charge in [-0.15, -0.1) is 0 Å². The van der Waals surface area contributed by atoms with Crippen LogP contribution in [0.15, 0.2) is 72.8 Å². The number of hydrogen-bond donors (Lipinski definition) is 2. The van der Waals surface area contributed by atoms with Crippen LogP contribution in [0.2, 0.25) is 0 Å². The second kappa shape index (κ2) is 6.70. The molecule has 0 aliphatic carbocycles. The molecule has 0 fully saturated rings. The molecule has 138 valence electrons. The summed E-state index contributed by atoms with van der Waals surface area (Å²) < 4.78 is 18.5. The molecule has 3 aromatic carbocycles. The molecule has 0 amide bonds. The number of aromatic amines is 2. The summed E-state index contributed by atoms with van der Waals surface area (Å²) in [5.74, 6) is 0.568. The monoisotopic (exact) mass is 387 g/mol. The Morgan fingerprint density at radius 1 is 0.929 bits per heavy atom. The van der Waals surface area contributed by atoms with Crippen LogP contribution in [-0.4, -0.2) is 15.2 Å². The highest BCUT2D eigenvalue weighted by Crippen LogP contribution is 2.34. The predicted molar refractivity (Wildman–Crippen MR) is 114 cm³/mol. The molecule has 1 atom stereocenters. The smallest absolute Gasteiger partial charge is 0.266 e. The van der Waals surface area contributed by atoms with Gasteiger partial charge in [0.2, 0.25) is 0 Å². The first kappa shape index (κ1) is 16.8. The molecule has 5 nitrogen and oxygen atoms in total. The molecule has 2 N–H and O–H groups in total. The van der Waals surface area contributed by atoms with Gasteiger partial charge in [0, 0.05) is 21.6 Å². The van der Waals surface area contributed by atoms with E-state index in [2.05, 4.69) is 27.3 Å². The molecule has 1 unspecified atom stereocenters. The van der Waals surface area contributed by atoms with Crippen molar-refractivity contribution in [1.29, 1.82) is 0 Å². The van der Waals surface area contributed by atoms with E-state index in [9.17, 15) is 4.57 Å². The van der Waals surface area contributed by atoms with Crippen LogP contribution in [0.3, 0.4) is 0 Å². The molecule has 0 aliphatic rings. The average molecular weight is 387 g/mol. The van der Waals surface area contributed by atoms with Crippen LogP contribution in [0.4, 0.5) is 0 Å². The van der Waals surface area contributed by atoms with Crippen molar-refractivity contribution in [3.8, 4) is 17.1 Å². The van der Waals surface area contributed by atoms with Gasteiger partial charge < -0.3 is 9.51 Å². The van der Waals surface area contributed by atoms with E-state index in [0.29, 0.717) is 5.75 Å². The third-order valence-corrected chi connectivity index (χ3v) is 6.32. The molecule has 0 saturated heterocycles. The SMILES string of the molecule is Cc1ccccc1[PH](=O)Oc1ccc2[nH]nc(-c3cc4ccccc4[nH]3)c2c1. The molecule has 0 saturated carbocycles. The van der Waals surface area contributed by atoms with Gasteiger partial charge in [-0.3, -0.25) is 9.66 Å². The highest BCUT2D eigenvalue weighted by molar-refractivity contribution is 7.48. The summed E-state index contributed by atoms with van der Waals surface area (Å²) in [6.07, 6.45) is 0. The van der Waals surface area contributed by atoms with E-state index in [4.69, 9.17) is 4.52 Å². The van der Waals surface area contributed by atoms with E-state index in [1.54, 1.807) is 0 Å². The molecule has 6 heteroatoms. The Labute approximate surface area is 162 Å². The van der Waals surface area contributed by atoms with Crippen LogP contribution < -0.4 is 9.83 Å². The summed E-state index contributed by atoms with van der Waals surface area (Å²) in [5.41, 5.74) is 4.67. The minimum Gasteiger partial charge on any atom is -0.442 e. The standard InChI is InChI=1S/C22H18N3O2P/c1-14-6-2-5-9-21(14)28(26)27-16-10-11-19-17(13-16)22(25-24-19)20-12-15-7-3-4-8-18(15)23-20/h2-13,23,28H,1H3,(H,24,25). The maximum absolute atomic E-state index is 12.7. The molecular weight excluding hydrogens is 369 g/mol. The number of aromatic nitrogens is 3. The lowest BCUT2D eigenvalue weighted by Crippen LogP contribution is -2.03. The Hall–Kier alpha value is -3.30. The molecule has 0 spiro atoms. The lowest BCUT2D eigenvalue weighted by Gasteiger charge is -2.08. The molecule has 5 rings (SSSR count). The first-order chi connectivity index (χ1) is 13.7. The number of benzene rings is 3. The van der Waals surface area contributed by atoms with Crippen molar-refractivity contribution in [2.45, 2.75) is 6.92 Å². The maximum Gasteiger partial charge on any atom is 0.266 e. The number of hydrogen-bond acceptors (Lipinski definition) is 3. The number of rotatable bonds is 4. The highest BCUT2D eigenvalue weighted by atomic mass is 31.1. The van der Waals surface area contributed by atoms with Crippen molar-refractivity contribution in [2.24, 2.45) is 0 Å². The van der Waals surface area contributed by atoms with Crippen molar-refractivity contribution in [3.05, 3.63) is 78.4 Å². The second-order valence-corrected chi connectivity index (χ2v) is 8.07. The van der Waals surface area contributed by atoms with Crippen LogP contribution in [0.25, 0.3) is 33.2 Å². The third kappa shape index (κ3) is 2.90. The number of para-hydroxylation sites is 1. The Kier molecular flexibility index (Phi) is 4.03. The number of aryl methyl sites for hydroxylation is 1. The lowest BCUT2D eigenvalue weighted by molar-refractivity contribution is 0.515. The highest BCUT2D eigenvalue weighted by Gasteiger charge is 2.14. The molecule has 0 radical (unpaired) electrons. The van der Waals surface area contributed by atoms with Crippen molar-refractivity contribution >= 4 is 35.1 Å². The second-order valence-electron chi connectivity index (χ2n) is 6.75. The van der Waals surface area contributed by atoms with Gasteiger partial charge in [-0.1, -0.05) is 36.4 Å². The van der Waals surface area contributed by atoms with E-state index >= 15 is 0 Å². The number of nitrogens with one attached hydrogen (secondary N) is 2. The molecular formula is C22H18N3O2P. The van der Waals surface area contributed by atoms with Crippen LogP contribution in [0.1, 0.15) is 5.56 Å². The molecule has 2 heterocycles. The topological polar surface area (TPSA) is 70.8 Å². The summed E-state index contributed by atoms with van der Waals surface area (Å²) in [6, 6.07) is 23.4. The van der Waals surface area contributed by atoms with Gasteiger partial charge in [0.05, 0.1) is 11.2 Å². The fraction of sp³-hybridized carbons (Fsp3) is 0.0455. The molecule has 28 heavy (non-hydrogen) atoms. The summed E-state index contributed by atoms with van der Waals surface area (Å²) in [6.45, 7) is 1.94. The quantitative estimate of drug-likeness (QED) is 0.417. The Morgan fingerprint density at radius 3 is 2.61 bits per heavy atom. The van der Waals surface area contributed by atoms with Crippen molar-refractivity contribution in [1.82, 2.24) is 15.2 Å². The van der Waals surface area contributed by atoms with Gasteiger partial charge in [-0.25, -0.2) is 0 Å². The van der Waals surface area contributed by atoms with Gasteiger partial charge in [0.15, 0.2) is 0 Å². The van der Waals surface area contributed by atoms with E-state index in [1.807, 2.05) is 67.6 Å². The summed E-state index contributed by atoms with van der Waals surface area (Å²) in [7, 11) is -2.39. The summed E-state index contributed by atoms with van der Waals surface area (Å²) in [5, 5.41) is 10.3. The number of fused-ring (bicyclic) bond motifs is 2. The van der Waals surface area contributed by atoms with E-state index in [1.165, 1.54) is 0 Å². The van der Waals surface area contributed by atoms with E-state index in [0.717, 1.165) is 44.1 Å². The Balaban J connectivity index is 1.53. The minimum atomic E-state index is -2.39. The summed E-state index contributed by atoms with van der Waals surface area (Å²) >= 11 is 0. The maximum atomic E-state index is 12.7. The number of nitrogens with zero attached hydrogens (tertiary/aromatic N) is 1. The molecule has 0 bridgehead atoms. The zero-order valence-corrected chi connectivity index (χ0v) is 16.2. The third-order valence-electron chi connectivity index (χ3n) is 4.89. The fourth-order valence-electron chi connectivity index (χ4n) is 3.43. The molecule has 5 aromatic rings. The van der Waals surface area contributed by atoms with E-state index < -0.39 is 8.03 Å². The van der Waals surface area contributed by atoms with Crippen LogP contribution in [-0.2, 0) is 4.57 Å². The largest absolute Gasteiger partial charge is 0.442 e. The summed E-state index contributed by atoms with van der Waals surface area (Å²) in [4.78, 5) is 3.40. The van der Waals surface area contributed by atoms with Crippen LogP contribution >= 0.6 is 8.03 Å². The van der Waals surface area contributed by atoms with Gasteiger partial charge in [0.1, 0.15) is 11.4 Å². The number of H-pyrrole nitrogens is 2. The zero-order chi connectivity index (χ0) is 19.1. The van der Waals surface area contributed by atoms with Crippen LogP contribution in [0.5, 0.6) is 5.75 Å². The predicted octanol–water partition coefficient (Wildman–Crippen LogP) is 5.20. The molecule has 0 aliphatic heterocycles. The first-order valence-corrected chi connectivity index (χ1v) is 10.3.